The molecule has 2 N–H and O–H groups in total. The van der Waals surface area contributed by atoms with Crippen LogP contribution in [0.1, 0.15) is 37.7 Å². The number of aryl methyl sites for hydroxylation is 1. The van der Waals surface area contributed by atoms with E-state index in [1.54, 1.807) is 29.9 Å². The van der Waals surface area contributed by atoms with Gasteiger partial charge in [-0.3, -0.25) is 9.58 Å². The van der Waals surface area contributed by atoms with Gasteiger partial charge in [-0.05, 0) is 68.4 Å². The fraction of sp³-hybridized carbons (Fsp3) is 0.432. The highest BCUT2D eigenvalue weighted by Crippen LogP contribution is 2.47. The van der Waals surface area contributed by atoms with Crippen LogP contribution < -0.4 is 15.4 Å². The molecule has 0 saturated carbocycles. The van der Waals surface area contributed by atoms with Crippen molar-refractivity contribution in [3.05, 3.63) is 47.7 Å². The number of nitrogens with zero attached hydrogens (tertiary/aromatic N) is 7. The summed E-state index contributed by atoms with van der Waals surface area (Å²) in [6, 6.07) is 6.59. The van der Waals surface area contributed by atoms with Crippen LogP contribution in [0, 0.1) is 24.0 Å². The van der Waals surface area contributed by atoms with Gasteiger partial charge in [-0.1, -0.05) is 12.0 Å². The number of nitrogens with two attached hydrogens (primary N) is 1. The first kappa shape index (κ1) is 30.5. The van der Waals surface area contributed by atoms with E-state index in [9.17, 15) is 4.39 Å². The van der Waals surface area contributed by atoms with Gasteiger partial charge in [0.1, 0.15) is 35.4 Å². The van der Waals surface area contributed by atoms with Gasteiger partial charge in [0, 0.05) is 73.4 Å². The number of nitrogen functional groups attached to an aromatic ring is 1. The van der Waals surface area contributed by atoms with E-state index < -0.39 is 23.3 Å². The lowest BCUT2D eigenvalue weighted by Crippen LogP contribution is -2.53. The molecular formula is C37H37F3N8O. The van der Waals surface area contributed by atoms with Gasteiger partial charge in [0.05, 0.1) is 16.5 Å². The second kappa shape index (κ2) is 11.0. The minimum atomic E-state index is -0.914. The van der Waals surface area contributed by atoms with Crippen LogP contribution in [0.3, 0.4) is 0 Å². The maximum Gasteiger partial charge on any atom is 0.319 e. The van der Waals surface area contributed by atoms with E-state index >= 15 is 8.78 Å². The highest BCUT2D eigenvalue weighted by Gasteiger charge is 2.49. The van der Waals surface area contributed by atoms with Crippen molar-refractivity contribution in [2.24, 2.45) is 7.05 Å². The molecule has 2 bridgehead atoms. The molecule has 4 atom stereocenters. The number of hydrogen-bond donors (Lipinski definition) is 1. The zero-order valence-electron chi connectivity index (χ0n) is 27.5. The van der Waals surface area contributed by atoms with E-state index in [-0.39, 0.29) is 41.3 Å². The van der Waals surface area contributed by atoms with E-state index in [1.807, 2.05) is 6.20 Å². The van der Waals surface area contributed by atoms with Crippen LogP contribution in [-0.4, -0.2) is 93.2 Å². The number of halogens is 3. The molecule has 4 aliphatic heterocycles. The van der Waals surface area contributed by atoms with Crippen LogP contribution in [0.15, 0.2) is 30.5 Å². The molecule has 4 aliphatic rings. The number of hydrogen-bond acceptors (Lipinski definition) is 8. The second-order valence-electron chi connectivity index (χ2n) is 14.4. The first-order valence-electron chi connectivity index (χ1n) is 17.0. The molecular weight excluding hydrogens is 629 g/mol. The Labute approximate surface area is 281 Å². The van der Waals surface area contributed by atoms with Gasteiger partial charge in [0.25, 0.3) is 0 Å². The summed E-state index contributed by atoms with van der Waals surface area (Å²) in [7, 11) is 3.90. The van der Waals surface area contributed by atoms with Crippen LogP contribution in [-0.2, 0) is 7.05 Å². The van der Waals surface area contributed by atoms with Crippen molar-refractivity contribution in [2.45, 2.75) is 55.9 Å². The summed E-state index contributed by atoms with van der Waals surface area (Å²) in [5, 5.41) is 6.90. The molecule has 5 aromatic rings. The zero-order valence-corrected chi connectivity index (χ0v) is 27.5. The monoisotopic (exact) mass is 666 g/mol. The first-order valence-corrected chi connectivity index (χ1v) is 17.0. The largest absolute Gasteiger partial charge is 0.461 e. The quantitative estimate of drug-likeness (QED) is 0.197. The van der Waals surface area contributed by atoms with Gasteiger partial charge in [-0.15, -0.1) is 6.42 Å². The Morgan fingerprint density at radius 3 is 2.63 bits per heavy atom. The van der Waals surface area contributed by atoms with Crippen molar-refractivity contribution in [1.82, 2.24) is 29.5 Å². The van der Waals surface area contributed by atoms with Crippen LogP contribution in [0.25, 0.3) is 43.7 Å². The van der Waals surface area contributed by atoms with E-state index in [4.69, 9.17) is 32.0 Å². The van der Waals surface area contributed by atoms with Crippen molar-refractivity contribution in [3.63, 3.8) is 0 Å². The van der Waals surface area contributed by atoms with Crippen molar-refractivity contribution in [3.8, 4) is 29.5 Å². The molecule has 0 spiro atoms. The third-order valence-electron chi connectivity index (χ3n) is 11.3. The number of alkyl halides is 1. The molecule has 4 fully saturated rings. The first-order chi connectivity index (χ1) is 23.6. The molecule has 252 valence electrons. The maximum absolute atomic E-state index is 17.6. The zero-order chi connectivity index (χ0) is 33.8. The molecule has 0 amide bonds. The van der Waals surface area contributed by atoms with E-state index in [1.165, 1.54) is 6.07 Å². The molecule has 9 nitrogen and oxygen atoms in total. The number of piperazine rings is 1. The lowest BCUT2D eigenvalue weighted by Gasteiger charge is -2.40. The highest BCUT2D eigenvalue weighted by atomic mass is 19.1. The smallest absolute Gasteiger partial charge is 0.319 e. The highest BCUT2D eigenvalue weighted by molar-refractivity contribution is 6.18. The van der Waals surface area contributed by atoms with Crippen molar-refractivity contribution in [1.29, 1.82) is 0 Å². The van der Waals surface area contributed by atoms with Crippen LogP contribution >= 0.6 is 0 Å². The van der Waals surface area contributed by atoms with Crippen LogP contribution in [0.4, 0.5) is 24.7 Å². The number of rotatable bonds is 5. The summed E-state index contributed by atoms with van der Waals surface area (Å²) >= 11 is 0. The van der Waals surface area contributed by atoms with Crippen molar-refractivity contribution >= 4 is 44.1 Å². The Bertz CT molecular complexity index is 2220. The lowest BCUT2D eigenvalue weighted by atomic mass is 9.91. The number of benzene rings is 3. The molecule has 9 rings (SSSR count). The van der Waals surface area contributed by atoms with Gasteiger partial charge in [-0.2, -0.15) is 15.1 Å². The predicted octanol–water partition coefficient (Wildman–Crippen LogP) is 5.42. The molecule has 12 heteroatoms. The minimum Gasteiger partial charge on any atom is -0.461 e. The summed E-state index contributed by atoms with van der Waals surface area (Å²) in [5.74, 6) is 1.83. The standard InChI is InChI=1S/C37H37F3N8O/c1-4-25-28(39)9-6-20-12-22(41)13-26(29(20)25)30-32(40)34-31(27-18-46(3)44-33(27)30)35(48-23-7-8-24(48)17-45(2)16-23)43-36(42-34)49-19-37-10-5-11-47(37)15-21(38)14-37/h1,6,9,12-13,18,21,23-24H,5,7-8,10-11,14-17,19,41H2,2-3H3/t21-,23?,24?,37+/m1/s1. The van der Waals surface area contributed by atoms with Gasteiger partial charge >= 0.3 is 6.01 Å². The van der Waals surface area contributed by atoms with E-state index in [0.29, 0.717) is 57.1 Å². The number of likely N-dealkylation sites (tertiary alicyclic amines) is 1. The van der Waals surface area contributed by atoms with Gasteiger partial charge in [-0.25, -0.2) is 13.2 Å². The molecule has 0 radical (unpaired) electrons. The molecule has 3 aromatic carbocycles. The normalized spacial score (nSPS) is 25.6. The molecule has 0 aliphatic carbocycles. The molecule has 4 saturated heterocycles. The molecule has 49 heavy (non-hydrogen) atoms. The SMILES string of the molecule is C#Cc1c(F)ccc2cc(N)cc(-c3c(F)c4nc(OC[C@@]56CCCN5C[C@H](F)C6)nc(N5C6CCC5CN(C)C6)c4c4cn(C)nc34)c12. The second-order valence-corrected chi connectivity index (χ2v) is 14.4. The summed E-state index contributed by atoms with van der Waals surface area (Å²) in [6.45, 7) is 3.12. The summed E-state index contributed by atoms with van der Waals surface area (Å²) in [6.07, 6.45) is 10.9. The fourth-order valence-corrected chi connectivity index (χ4v) is 9.32. The Morgan fingerprint density at radius 1 is 1.06 bits per heavy atom. The third-order valence-corrected chi connectivity index (χ3v) is 11.3. The number of fused-ring (bicyclic) bond motifs is 7. The number of anilines is 2. The third kappa shape index (κ3) is 4.58. The van der Waals surface area contributed by atoms with Crippen molar-refractivity contribution < 1.29 is 17.9 Å². The Morgan fingerprint density at radius 2 is 1.86 bits per heavy atom. The Hall–Kier alpha value is -4.60. The maximum atomic E-state index is 17.6. The van der Waals surface area contributed by atoms with Crippen molar-refractivity contribution in [2.75, 3.05) is 50.5 Å². The van der Waals surface area contributed by atoms with Crippen LogP contribution in [0.2, 0.25) is 0 Å². The summed E-state index contributed by atoms with van der Waals surface area (Å²) in [5.41, 5.74) is 7.20. The van der Waals surface area contributed by atoms with E-state index in [2.05, 4.69) is 27.7 Å². The topological polar surface area (TPSA) is 88.6 Å². The average Bonchev–Trinajstić information content (AvgIpc) is 3.79. The predicted molar refractivity (Wildman–Crippen MR) is 184 cm³/mol. The van der Waals surface area contributed by atoms with Gasteiger partial charge in [0.2, 0.25) is 0 Å². The van der Waals surface area contributed by atoms with E-state index in [0.717, 1.165) is 45.3 Å². The molecule has 6 heterocycles. The minimum absolute atomic E-state index is 0.0144. The molecule has 2 aromatic heterocycles. The molecule has 2 unspecified atom stereocenters. The van der Waals surface area contributed by atoms with Crippen LogP contribution in [0.5, 0.6) is 6.01 Å². The van der Waals surface area contributed by atoms with Gasteiger partial charge < -0.3 is 20.3 Å². The number of ether oxygens (including phenoxy) is 1. The number of likely N-dealkylation sites (N-methyl/N-ethyl adjacent to an activating group) is 1. The summed E-state index contributed by atoms with van der Waals surface area (Å²) in [4.78, 5) is 16.6. The number of aromatic nitrogens is 4. The Balaban J connectivity index is 1.31. The average molecular weight is 667 g/mol. The van der Waals surface area contributed by atoms with Gasteiger partial charge in [0.15, 0.2) is 5.82 Å². The lowest BCUT2D eigenvalue weighted by molar-refractivity contribution is 0.107. The Kier molecular flexibility index (Phi) is 6.81. The fourth-order valence-electron chi connectivity index (χ4n) is 9.32. The number of terminal acetylenes is 1. The summed E-state index contributed by atoms with van der Waals surface area (Å²) < 4.78 is 55.5.